The molecule has 112 valence electrons. The third-order valence-corrected chi connectivity index (χ3v) is 4.11. The molecule has 2 aromatic rings. The number of benzene rings is 2. The van der Waals surface area contributed by atoms with E-state index in [1.807, 2.05) is 0 Å². The standard InChI is InChI=1S/C15H12BrCl2FO2/c1-20-13-6-11(17)5-10(7-16)15(13)21-8-9-3-2-4-12(19)14(9)18/h2-6H,7-8H2,1H3. The summed E-state index contributed by atoms with van der Waals surface area (Å²) in [7, 11) is 1.53. The normalized spacial score (nSPS) is 10.5. The van der Waals surface area contributed by atoms with Crippen molar-refractivity contribution in [2.45, 2.75) is 11.9 Å². The van der Waals surface area contributed by atoms with Crippen molar-refractivity contribution >= 4 is 39.1 Å². The lowest BCUT2D eigenvalue weighted by Crippen LogP contribution is -2.02. The maximum Gasteiger partial charge on any atom is 0.165 e. The van der Waals surface area contributed by atoms with Gasteiger partial charge in [0.15, 0.2) is 11.5 Å². The highest BCUT2D eigenvalue weighted by molar-refractivity contribution is 9.08. The Morgan fingerprint density at radius 1 is 1.19 bits per heavy atom. The van der Waals surface area contributed by atoms with E-state index in [2.05, 4.69) is 15.9 Å². The zero-order valence-electron chi connectivity index (χ0n) is 11.1. The number of hydrogen-bond donors (Lipinski definition) is 0. The van der Waals surface area contributed by atoms with E-state index in [0.29, 0.717) is 27.4 Å². The Labute approximate surface area is 140 Å². The van der Waals surface area contributed by atoms with Gasteiger partial charge in [0, 0.05) is 27.5 Å². The van der Waals surface area contributed by atoms with Crippen molar-refractivity contribution in [3.8, 4) is 11.5 Å². The molecule has 2 rings (SSSR count). The van der Waals surface area contributed by atoms with E-state index in [0.717, 1.165) is 5.56 Å². The molecule has 0 atom stereocenters. The van der Waals surface area contributed by atoms with Crippen LogP contribution in [-0.2, 0) is 11.9 Å². The molecule has 0 aliphatic heterocycles. The minimum absolute atomic E-state index is 0.0609. The van der Waals surface area contributed by atoms with Crippen LogP contribution in [0.15, 0.2) is 30.3 Å². The number of hydrogen-bond acceptors (Lipinski definition) is 2. The van der Waals surface area contributed by atoms with Gasteiger partial charge in [-0.3, -0.25) is 0 Å². The molecular formula is C15H12BrCl2FO2. The number of halogens is 4. The minimum atomic E-state index is -0.471. The van der Waals surface area contributed by atoms with Gasteiger partial charge in [0.2, 0.25) is 0 Å². The first-order valence-corrected chi connectivity index (χ1v) is 7.92. The van der Waals surface area contributed by atoms with Crippen LogP contribution in [0.2, 0.25) is 10.0 Å². The molecule has 0 aliphatic carbocycles. The maximum atomic E-state index is 13.4. The number of alkyl halides is 1. The lowest BCUT2D eigenvalue weighted by Gasteiger charge is -2.15. The summed E-state index contributed by atoms with van der Waals surface area (Å²) in [6.07, 6.45) is 0. The van der Waals surface area contributed by atoms with Gasteiger partial charge in [-0.05, 0) is 12.1 Å². The quantitative estimate of drug-likeness (QED) is 0.614. The van der Waals surface area contributed by atoms with Crippen LogP contribution in [0.25, 0.3) is 0 Å². The minimum Gasteiger partial charge on any atom is -0.493 e. The fraction of sp³-hybridized carbons (Fsp3) is 0.200. The first-order chi connectivity index (χ1) is 10.1. The topological polar surface area (TPSA) is 18.5 Å². The number of methoxy groups -OCH3 is 1. The van der Waals surface area contributed by atoms with Gasteiger partial charge in [0.25, 0.3) is 0 Å². The highest BCUT2D eigenvalue weighted by Crippen LogP contribution is 2.36. The van der Waals surface area contributed by atoms with Crippen molar-refractivity contribution in [2.75, 3.05) is 7.11 Å². The van der Waals surface area contributed by atoms with Crippen molar-refractivity contribution in [3.05, 3.63) is 57.3 Å². The Kier molecular flexibility index (Phi) is 5.73. The van der Waals surface area contributed by atoms with Crippen LogP contribution in [0.1, 0.15) is 11.1 Å². The molecule has 0 N–H and O–H groups in total. The summed E-state index contributed by atoms with van der Waals surface area (Å²) >= 11 is 15.3. The molecule has 0 saturated carbocycles. The molecular weight excluding hydrogens is 382 g/mol. The van der Waals surface area contributed by atoms with Crippen LogP contribution in [-0.4, -0.2) is 7.11 Å². The molecule has 2 nitrogen and oxygen atoms in total. The summed E-state index contributed by atoms with van der Waals surface area (Å²) < 4.78 is 24.4. The van der Waals surface area contributed by atoms with Crippen LogP contribution in [0.3, 0.4) is 0 Å². The molecule has 0 aliphatic rings. The molecule has 21 heavy (non-hydrogen) atoms. The predicted octanol–water partition coefficient (Wildman–Crippen LogP) is 5.62. The smallest absolute Gasteiger partial charge is 0.165 e. The highest BCUT2D eigenvalue weighted by Gasteiger charge is 2.14. The molecule has 0 unspecified atom stereocenters. The van der Waals surface area contributed by atoms with E-state index in [9.17, 15) is 4.39 Å². The van der Waals surface area contributed by atoms with E-state index in [1.165, 1.54) is 13.2 Å². The lowest BCUT2D eigenvalue weighted by atomic mass is 10.2. The predicted molar refractivity (Wildman–Crippen MR) is 86.4 cm³/mol. The van der Waals surface area contributed by atoms with E-state index < -0.39 is 5.82 Å². The third kappa shape index (κ3) is 3.82. The summed E-state index contributed by atoms with van der Waals surface area (Å²) in [5.74, 6) is 0.602. The van der Waals surface area contributed by atoms with Crippen molar-refractivity contribution in [2.24, 2.45) is 0 Å². The van der Waals surface area contributed by atoms with Gasteiger partial charge in [-0.15, -0.1) is 0 Å². The Bertz CT molecular complexity index is 625. The Morgan fingerprint density at radius 3 is 2.62 bits per heavy atom. The van der Waals surface area contributed by atoms with Crippen LogP contribution >= 0.6 is 39.1 Å². The molecule has 0 spiro atoms. The van der Waals surface area contributed by atoms with Crippen molar-refractivity contribution < 1.29 is 13.9 Å². The van der Waals surface area contributed by atoms with Gasteiger partial charge in [0.05, 0.1) is 12.1 Å². The van der Waals surface area contributed by atoms with Gasteiger partial charge >= 0.3 is 0 Å². The van der Waals surface area contributed by atoms with Crippen molar-refractivity contribution in [3.63, 3.8) is 0 Å². The fourth-order valence-electron chi connectivity index (χ4n) is 1.85. The van der Waals surface area contributed by atoms with Crippen LogP contribution in [0, 0.1) is 5.82 Å². The first-order valence-electron chi connectivity index (χ1n) is 6.05. The third-order valence-electron chi connectivity index (χ3n) is 2.86. The summed E-state index contributed by atoms with van der Waals surface area (Å²) in [5.41, 5.74) is 1.40. The molecule has 0 aromatic heterocycles. The van der Waals surface area contributed by atoms with Crippen LogP contribution in [0.5, 0.6) is 11.5 Å². The lowest BCUT2D eigenvalue weighted by molar-refractivity contribution is 0.282. The van der Waals surface area contributed by atoms with E-state index in [1.54, 1.807) is 24.3 Å². The molecule has 0 bridgehead atoms. The van der Waals surface area contributed by atoms with Crippen LogP contribution < -0.4 is 9.47 Å². The van der Waals surface area contributed by atoms with E-state index in [4.69, 9.17) is 32.7 Å². The number of ether oxygens (including phenoxy) is 2. The average molecular weight is 394 g/mol. The second kappa shape index (κ2) is 7.34. The molecule has 0 saturated heterocycles. The van der Waals surface area contributed by atoms with Gasteiger partial charge in [-0.25, -0.2) is 4.39 Å². The van der Waals surface area contributed by atoms with Gasteiger partial charge < -0.3 is 9.47 Å². The van der Waals surface area contributed by atoms with Gasteiger partial charge in [-0.1, -0.05) is 51.3 Å². The second-order valence-corrected chi connectivity index (χ2v) is 5.61. The average Bonchev–Trinajstić information content (AvgIpc) is 2.48. The van der Waals surface area contributed by atoms with Crippen LogP contribution in [0.4, 0.5) is 4.39 Å². The second-order valence-electron chi connectivity index (χ2n) is 4.23. The van der Waals surface area contributed by atoms with Gasteiger partial charge in [-0.2, -0.15) is 0 Å². The molecule has 0 fully saturated rings. The van der Waals surface area contributed by atoms with E-state index >= 15 is 0 Å². The number of rotatable bonds is 5. The summed E-state index contributed by atoms with van der Waals surface area (Å²) in [5, 5.41) is 1.17. The molecule has 0 radical (unpaired) electrons. The largest absolute Gasteiger partial charge is 0.493 e. The van der Waals surface area contributed by atoms with Gasteiger partial charge in [0.1, 0.15) is 12.4 Å². The van der Waals surface area contributed by atoms with E-state index in [-0.39, 0.29) is 11.6 Å². The highest BCUT2D eigenvalue weighted by atomic mass is 79.9. The molecule has 2 aromatic carbocycles. The summed E-state index contributed by atoms with van der Waals surface area (Å²) in [6.45, 7) is 0.134. The van der Waals surface area contributed by atoms with Crippen molar-refractivity contribution in [1.29, 1.82) is 0 Å². The monoisotopic (exact) mass is 392 g/mol. The fourth-order valence-corrected chi connectivity index (χ4v) is 2.68. The Hall–Kier alpha value is -0.970. The first kappa shape index (κ1) is 16.4. The Balaban J connectivity index is 2.29. The maximum absolute atomic E-state index is 13.4. The van der Waals surface area contributed by atoms with Crippen molar-refractivity contribution in [1.82, 2.24) is 0 Å². The summed E-state index contributed by atoms with van der Waals surface area (Å²) in [6, 6.07) is 8.04. The molecule has 0 heterocycles. The Morgan fingerprint density at radius 2 is 1.95 bits per heavy atom. The zero-order valence-corrected chi connectivity index (χ0v) is 14.2. The molecule has 6 heteroatoms. The molecule has 0 amide bonds. The SMILES string of the molecule is COc1cc(Cl)cc(CBr)c1OCc1cccc(F)c1Cl. The summed E-state index contributed by atoms with van der Waals surface area (Å²) in [4.78, 5) is 0. The zero-order chi connectivity index (χ0) is 15.4.